The molecular weight excluding hydrogens is 484 g/mol. The van der Waals surface area contributed by atoms with Crippen molar-refractivity contribution in [1.82, 2.24) is 10.2 Å². The number of carbonyl (C=O) groups excluding carboxylic acids is 3. The quantitative estimate of drug-likeness (QED) is 0.349. The summed E-state index contributed by atoms with van der Waals surface area (Å²) >= 11 is 0. The Bertz CT molecular complexity index is 1040. The second kappa shape index (κ2) is 12.0. The molecule has 4 rings (SSSR count). The third kappa shape index (κ3) is 5.49. The van der Waals surface area contributed by atoms with Crippen molar-refractivity contribution in [3.05, 3.63) is 34.9 Å². The number of aldehydes is 1. The first-order valence-electron chi connectivity index (χ1n) is 12.5. The van der Waals surface area contributed by atoms with Crippen molar-refractivity contribution in [2.24, 2.45) is 0 Å². The molecule has 0 radical (unpaired) electrons. The van der Waals surface area contributed by atoms with Gasteiger partial charge >= 0.3 is 0 Å². The summed E-state index contributed by atoms with van der Waals surface area (Å²) in [6, 6.07) is 2.26. The SMILES string of the molecule is COCCC(=O)N(CC1CCCO1)C1C=C(C(=O)NCCO)C2c3cc(C=O)cc(OC)c3OC2C1O. The number of fused-ring (bicyclic) bond motifs is 3. The Morgan fingerprint density at radius 1 is 1.30 bits per heavy atom. The molecule has 202 valence electrons. The Balaban J connectivity index is 1.77. The number of aliphatic hydroxyl groups excluding tert-OH is 2. The van der Waals surface area contributed by atoms with Gasteiger partial charge in [0.25, 0.3) is 0 Å². The lowest BCUT2D eigenvalue weighted by molar-refractivity contribution is -0.140. The molecule has 1 aliphatic carbocycles. The van der Waals surface area contributed by atoms with Crippen molar-refractivity contribution in [1.29, 1.82) is 0 Å². The molecule has 11 heteroatoms. The summed E-state index contributed by atoms with van der Waals surface area (Å²) in [6.07, 6.45) is 1.73. The van der Waals surface area contributed by atoms with Crippen LogP contribution in [0.3, 0.4) is 0 Å². The molecule has 0 bridgehead atoms. The van der Waals surface area contributed by atoms with Crippen molar-refractivity contribution in [3.8, 4) is 11.5 Å². The summed E-state index contributed by atoms with van der Waals surface area (Å²) in [4.78, 5) is 39.7. The number of nitrogens with zero attached hydrogens (tertiary/aromatic N) is 1. The van der Waals surface area contributed by atoms with Gasteiger partial charge in [0, 0.05) is 43.5 Å². The molecule has 11 nitrogen and oxygen atoms in total. The first-order valence-corrected chi connectivity index (χ1v) is 12.5. The van der Waals surface area contributed by atoms with E-state index in [4.69, 9.17) is 18.9 Å². The maximum absolute atomic E-state index is 13.3. The molecule has 1 saturated heterocycles. The van der Waals surface area contributed by atoms with Gasteiger partial charge in [-0.25, -0.2) is 0 Å². The van der Waals surface area contributed by atoms with Crippen molar-refractivity contribution >= 4 is 18.1 Å². The van der Waals surface area contributed by atoms with Crippen molar-refractivity contribution in [2.45, 2.75) is 49.5 Å². The largest absolute Gasteiger partial charge is 0.493 e. The lowest BCUT2D eigenvalue weighted by atomic mass is 9.77. The normalized spacial score (nSPS) is 25.9. The molecule has 3 aliphatic rings. The van der Waals surface area contributed by atoms with Gasteiger partial charge in [-0.3, -0.25) is 14.4 Å². The van der Waals surface area contributed by atoms with E-state index < -0.39 is 30.1 Å². The van der Waals surface area contributed by atoms with Crippen LogP contribution in [-0.2, 0) is 19.1 Å². The van der Waals surface area contributed by atoms with Crippen LogP contribution >= 0.6 is 0 Å². The van der Waals surface area contributed by atoms with Gasteiger partial charge in [-0.05, 0) is 31.1 Å². The number of nitrogens with one attached hydrogen (secondary N) is 1. The summed E-state index contributed by atoms with van der Waals surface area (Å²) in [7, 11) is 2.95. The second-order valence-corrected chi connectivity index (χ2v) is 9.33. The maximum Gasteiger partial charge on any atom is 0.247 e. The Morgan fingerprint density at radius 2 is 2.11 bits per heavy atom. The number of hydrogen-bond donors (Lipinski definition) is 3. The van der Waals surface area contributed by atoms with E-state index in [-0.39, 0.29) is 50.3 Å². The number of aliphatic hydroxyl groups is 2. The van der Waals surface area contributed by atoms with Gasteiger partial charge in [-0.1, -0.05) is 0 Å². The summed E-state index contributed by atoms with van der Waals surface area (Å²) in [5, 5.41) is 23.5. The van der Waals surface area contributed by atoms with E-state index >= 15 is 0 Å². The summed E-state index contributed by atoms with van der Waals surface area (Å²) in [6.45, 7) is 0.825. The Kier molecular flexibility index (Phi) is 8.80. The molecule has 0 spiro atoms. The minimum Gasteiger partial charge on any atom is -0.493 e. The third-order valence-electron chi connectivity index (χ3n) is 7.04. The number of carbonyl (C=O) groups is 3. The summed E-state index contributed by atoms with van der Waals surface area (Å²) in [5.41, 5.74) is 1.14. The number of amides is 2. The molecular formula is C26H34N2O9. The molecule has 1 aromatic carbocycles. The van der Waals surface area contributed by atoms with Gasteiger partial charge in [-0.2, -0.15) is 0 Å². The molecule has 2 heterocycles. The van der Waals surface area contributed by atoms with Crippen LogP contribution in [0.1, 0.15) is 41.1 Å². The summed E-state index contributed by atoms with van der Waals surface area (Å²) in [5.74, 6) is -0.787. The number of rotatable bonds is 11. The van der Waals surface area contributed by atoms with E-state index in [2.05, 4.69) is 5.32 Å². The van der Waals surface area contributed by atoms with E-state index in [1.54, 1.807) is 12.1 Å². The van der Waals surface area contributed by atoms with Crippen molar-refractivity contribution in [2.75, 3.05) is 47.1 Å². The molecule has 37 heavy (non-hydrogen) atoms. The number of methoxy groups -OCH3 is 2. The molecule has 3 N–H and O–H groups in total. The fraction of sp³-hybridized carbons (Fsp3) is 0.577. The minimum absolute atomic E-state index is 0.0264. The lowest BCUT2D eigenvalue weighted by Gasteiger charge is -2.41. The topological polar surface area (TPSA) is 144 Å². The van der Waals surface area contributed by atoms with Crippen LogP contribution in [0.2, 0.25) is 0 Å². The molecule has 5 unspecified atom stereocenters. The zero-order chi connectivity index (χ0) is 26.5. The van der Waals surface area contributed by atoms with Crippen molar-refractivity contribution in [3.63, 3.8) is 0 Å². The van der Waals surface area contributed by atoms with E-state index in [0.29, 0.717) is 35.5 Å². The summed E-state index contributed by atoms with van der Waals surface area (Å²) < 4.78 is 22.5. The van der Waals surface area contributed by atoms with Crippen LogP contribution in [0, 0.1) is 0 Å². The van der Waals surface area contributed by atoms with Gasteiger partial charge in [0.2, 0.25) is 11.8 Å². The maximum atomic E-state index is 13.3. The molecule has 5 atom stereocenters. The molecule has 1 aromatic rings. The molecule has 2 aliphatic heterocycles. The van der Waals surface area contributed by atoms with Crippen LogP contribution in [-0.4, -0.2) is 105 Å². The smallest absolute Gasteiger partial charge is 0.247 e. The van der Waals surface area contributed by atoms with Gasteiger partial charge in [0.05, 0.1) is 44.8 Å². The third-order valence-corrected chi connectivity index (χ3v) is 7.04. The van der Waals surface area contributed by atoms with Crippen LogP contribution in [0.25, 0.3) is 0 Å². The second-order valence-electron chi connectivity index (χ2n) is 9.33. The van der Waals surface area contributed by atoms with Crippen LogP contribution in [0.15, 0.2) is 23.8 Å². The highest BCUT2D eigenvalue weighted by atomic mass is 16.5. The first kappa shape index (κ1) is 27.1. The molecule has 2 amide bonds. The minimum atomic E-state index is -1.19. The number of ether oxygens (including phenoxy) is 4. The highest BCUT2D eigenvalue weighted by Crippen LogP contribution is 2.51. The zero-order valence-corrected chi connectivity index (χ0v) is 21.1. The monoisotopic (exact) mass is 518 g/mol. The Labute approximate surface area is 215 Å². The Morgan fingerprint density at radius 3 is 2.76 bits per heavy atom. The van der Waals surface area contributed by atoms with Crippen molar-refractivity contribution < 1.29 is 43.5 Å². The standard InChI is InChI=1S/C26H34N2O9/c1-34-9-5-21(31)28(13-16-4-3-8-36-16)19-12-18(26(33)27-6-7-29)22-17-10-15(14-30)11-20(35-2)24(17)37-25(22)23(19)32/h10-12,14,16,19,22-23,25,29,32H,3-9,13H2,1-2H3,(H,27,33). The molecule has 1 fully saturated rings. The number of hydrogen-bond acceptors (Lipinski definition) is 9. The van der Waals surface area contributed by atoms with E-state index in [1.807, 2.05) is 0 Å². The van der Waals surface area contributed by atoms with Crippen LogP contribution < -0.4 is 14.8 Å². The fourth-order valence-electron chi connectivity index (χ4n) is 5.29. The fourth-order valence-corrected chi connectivity index (χ4v) is 5.29. The van der Waals surface area contributed by atoms with E-state index in [1.165, 1.54) is 25.2 Å². The molecule has 0 aromatic heterocycles. The lowest BCUT2D eigenvalue weighted by Crippen LogP contribution is -2.57. The van der Waals surface area contributed by atoms with E-state index in [0.717, 1.165) is 12.8 Å². The Hall–Kier alpha value is -2.99. The highest BCUT2D eigenvalue weighted by molar-refractivity contribution is 5.96. The number of benzene rings is 1. The van der Waals surface area contributed by atoms with E-state index in [9.17, 15) is 24.6 Å². The average Bonchev–Trinajstić information content (AvgIpc) is 3.57. The van der Waals surface area contributed by atoms with Gasteiger partial charge in [-0.15, -0.1) is 0 Å². The molecule has 0 saturated carbocycles. The van der Waals surface area contributed by atoms with Crippen LogP contribution in [0.5, 0.6) is 11.5 Å². The average molecular weight is 519 g/mol. The predicted molar refractivity (Wildman–Crippen MR) is 131 cm³/mol. The van der Waals surface area contributed by atoms with Gasteiger partial charge < -0.3 is 39.4 Å². The van der Waals surface area contributed by atoms with Gasteiger partial charge in [0.1, 0.15) is 18.5 Å². The zero-order valence-electron chi connectivity index (χ0n) is 21.1. The van der Waals surface area contributed by atoms with Crippen LogP contribution in [0.4, 0.5) is 0 Å². The highest BCUT2D eigenvalue weighted by Gasteiger charge is 2.51. The predicted octanol–water partition coefficient (Wildman–Crippen LogP) is 0.174. The van der Waals surface area contributed by atoms with Gasteiger partial charge in [0.15, 0.2) is 11.5 Å². The first-order chi connectivity index (χ1) is 17.9.